The summed E-state index contributed by atoms with van der Waals surface area (Å²) in [5.74, 6) is 0.725. The minimum absolute atomic E-state index is 0. The first-order valence-electron chi connectivity index (χ1n) is 14.6. The summed E-state index contributed by atoms with van der Waals surface area (Å²) in [5, 5.41) is 3.01. The van der Waals surface area contributed by atoms with E-state index in [4.69, 9.17) is 4.74 Å². The number of piperazine rings is 1. The molecule has 7 nitrogen and oxygen atoms in total. The minimum Gasteiger partial charge on any atom is -0.497 e. The first-order valence-corrected chi connectivity index (χ1v) is 14.6. The van der Waals surface area contributed by atoms with E-state index in [1.54, 1.807) is 36.3 Å². The normalized spacial score (nSPS) is 16.3. The van der Waals surface area contributed by atoms with E-state index in [-0.39, 0.29) is 42.5 Å². The largest absolute Gasteiger partial charge is 0.497 e. The molecule has 0 saturated carbocycles. The van der Waals surface area contributed by atoms with Crippen molar-refractivity contribution in [1.82, 2.24) is 14.7 Å². The Morgan fingerprint density at radius 3 is 1.78 bits per heavy atom. The highest BCUT2D eigenvalue weighted by Gasteiger charge is 2.30. The van der Waals surface area contributed by atoms with Crippen LogP contribution < -0.4 is 10.1 Å². The van der Waals surface area contributed by atoms with E-state index in [0.717, 1.165) is 55.9 Å². The van der Waals surface area contributed by atoms with Gasteiger partial charge in [0.2, 0.25) is 5.91 Å². The first kappa shape index (κ1) is 36.2. The molecule has 12 heteroatoms. The number of likely N-dealkylation sites (tertiary alicyclic amines) is 1. The van der Waals surface area contributed by atoms with Gasteiger partial charge in [-0.15, -0.1) is 24.8 Å². The van der Waals surface area contributed by atoms with E-state index < -0.39 is 11.7 Å². The van der Waals surface area contributed by atoms with Crippen LogP contribution in [0, 0.1) is 5.92 Å². The van der Waals surface area contributed by atoms with Crippen molar-refractivity contribution in [1.29, 1.82) is 0 Å². The van der Waals surface area contributed by atoms with Crippen LogP contribution in [-0.4, -0.2) is 72.9 Å². The third-order valence-corrected chi connectivity index (χ3v) is 8.27. The minimum atomic E-state index is -4.34. The van der Waals surface area contributed by atoms with Gasteiger partial charge in [0.05, 0.1) is 12.7 Å². The zero-order valence-corrected chi connectivity index (χ0v) is 26.7. The highest BCUT2D eigenvalue weighted by atomic mass is 35.5. The van der Waals surface area contributed by atoms with Gasteiger partial charge in [-0.1, -0.05) is 24.3 Å². The lowest BCUT2D eigenvalue weighted by molar-refractivity contribution is -0.137. The Morgan fingerprint density at radius 2 is 1.27 bits per heavy atom. The van der Waals surface area contributed by atoms with Gasteiger partial charge >= 0.3 is 6.18 Å². The van der Waals surface area contributed by atoms with Crippen molar-refractivity contribution < 1.29 is 27.5 Å². The topological polar surface area (TPSA) is 65.1 Å². The number of piperidine rings is 1. The third-order valence-electron chi connectivity index (χ3n) is 8.27. The van der Waals surface area contributed by atoms with E-state index in [2.05, 4.69) is 27.2 Å². The number of ether oxygens (including phenoxy) is 1. The van der Waals surface area contributed by atoms with Crippen molar-refractivity contribution in [2.24, 2.45) is 5.92 Å². The summed E-state index contributed by atoms with van der Waals surface area (Å²) in [6.45, 7) is 5.45. The highest BCUT2D eigenvalue weighted by Crippen LogP contribution is 2.29. The van der Waals surface area contributed by atoms with Crippen LogP contribution in [0.4, 0.5) is 18.9 Å². The molecule has 0 aliphatic carbocycles. The Kier molecular flexibility index (Phi) is 13.1. The van der Waals surface area contributed by atoms with Crippen molar-refractivity contribution >= 4 is 42.3 Å². The second kappa shape index (κ2) is 16.3. The lowest BCUT2D eigenvalue weighted by atomic mass is 9.95. The molecule has 0 aromatic heterocycles. The molecule has 0 unspecified atom stereocenters. The molecule has 2 aliphatic heterocycles. The molecule has 0 spiro atoms. The summed E-state index contributed by atoms with van der Waals surface area (Å²) < 4.78 is 43.6. The van der Waals surface area contributed by atoms with Gasteiger partial charge in [0, 0.05) is 56.4 Å². The van der Waals surface area contributed by atoms with Gasteiger partial charge in [0.25, 0.3) is 5.91 Å². The SMILES string of the molecule is COc1ccc(CN2CCC(C(=O)Nc3ccc(C(=O)N4CCN(Cc5ccc(C(F)(F)F)cc5)CC4)cc3)CC2)cc1.Cl.Cl. The predicted octanol–water partition coefficient (Wildman–Crippen LogP) is 6.37. The number of carbonyl (C=O) groups is 2. The van der Waals surface area contributed by atoms with E-state index in [9.17, 15) is 22.8 Å². The fraction of sp³-hybridized carbons (Fsp3) is 0.394. The number of rotatable bonds is 8. The van der Waals surface area contributed by atoms with Gasteiger partial charge in [-0.05, 0) is 85.6 Å². The summed E-state index contributed by atoms with van der Waals surface area (Å²) in [4.78, 5) is 32.3. The molecular weight excluding hydrogens is 628 g/mol. The number of hydrogen-bond donors (Lipinski definition) is 1. The molecule has 2 heterocycles. The van der Waals surface area contributed by atoms with Crippen LogP contribution in [-0.2, 0) is 24.1 Å². The summed E-state index contributed by atoms with van der Waals surface area (Å²) in [6.07, 6.45) is -2.75. The maximum Gasteiger partial charge on any atom is 0.416 e. The van der Waals surface area contributed by atoms with Gasteiger partial charge in [-0.25, -0.2) is 0 Å². The van der Waals surface area contributed by atoms with Crippen molar-refractivity contribution in [2.45, 2.75) is 32.1 Å². The van der Waals surface area contributed by atoms with Crippen LogP contribution in [0.3, 0.4) is 0 Å². The number of carbonyl (C=O) groups excluding carboxylic acids is 2. The molecule has 0 radical (unpaired) electrons. The van der Waals surface area contributed by atoms with Gasteiger partial charge in [0.15, 0.2) is 0 Å². The third kappa shape index (κ3) is 9.84. The van der Waals surface area contributed by atoms with Crippen LogP contribution in [0.2, 0.25) is 0 Å². The number of halogens is 5. The van der Waals surface area contributed by atoms with Crippen LogP contribution in [0.25, 0.3) is 0 Å². The van der Waals surface area contributed by atoms with Crippen LogP contribution in [0.15, 0.2) is 72.8 Å². The van der Waals surface area contributed by atoms with Crippen LogP contribution in [0.1, 0.15) is 39.9 Å². The Hall–Kier alpha value is -3.31. The molecule has 2 fully saturated rings. The number of methoxy groups -OCH3 is 1. The number of nitrogens with zero attached hydrogens (tertiary/aromatic N) is 3. The Bertz CT molecular complexity index is 1370. The summed E-state index contributed by atoms with van der Waals surface area (Å²) in [7, 11) is 1.66. The highest BCUT2D eigenvalue weighted by molar-refractivity contribution is 5.96. The van der Waals surface area contributed by atoms with Crippen LogP contribution in [0.5, 0.6) is 5.75 Å². The molecule has 3 aromatic carbocycles. The molecular formula is C33H39Cl2F3N4O3. The van der Waals surface area contributed by atoms with Crippen molar-refractivity contribution in [2.75, 3.05) is 51.7 Å². The van der Waals surface area contributed by atoms with E-state index in [1.165, 1.54) is 17.7 Å². The smallest absolute Gasteiger partial charge is 0.416 e. The zero-order chi connectivity index (χ0) is 30.4. The number of benzene rings is 3. The summed E-state index contributed by atoms with van der Waals surface area (Å²) in [5.41, 5.74) is 2.60. The van der Waals surface area contributed by atoms with Crippen LogP contribution >= 0.6 is 24.8 Å². The second-order valence-electron chi connectivity index (χ2n) is 11.2. The number of amides is 2. The molecule has 244 valence electrons. The lowest BCUT2D eigenvalue weighted by Crippen LogP contribution is -2.48. The number of hydrogen-bond acceptors (Lipinski definition) is 5. The Balaban J connectivity index is 0.00000276. The molecule has 45 heavy (non-hydrogen) atoms. The van der Waals surface area contributed by atoms with Gasteiger partial charge in [-0.3, -0.25) is 19.4 Å². The summed E-state index contributed by atoms with van der Waals surface area (Å²) >= 11 is 0. The molecule has 0 bridgehead atoms. The van der Waals surface area contributed by atoms with E-state index >= 15 is 0 Å². The summed E-state index contributed by atoms with van der Waals surface area (Å²) in [6, 6.07) is 20.3. The maximum atomic E-state index is 13.1. The van der Waals surface area contributed by atoms with Gasteiger partial charge in [-0.2, -0.15) is 13.2 Å². The van der Waals surface area contributed by atoms with E-state index in [1.807, 2.05) is 12.1 Å². The van der Waals surface area contributed by atoms with Crippen molar-refractivity contribution in [3.05, 3.63) is 95.1 Å². The molecule has 5 rings (SSSR count). The molecule has 3 aromatic rings. The predicted molar refractivity (Wildman–Crippen MR) is 173 cm³/mol. The van der Waals surface area contributed by atoms with Crippen molar-refractivity contribution in [3.63, 3.8) is 0 Å². The van der Waals surface area contributed by atoms with Gasteiger partial charge < -0.3 is 15.0 Å². The lowest BCUT2D eigenvalue weighted by Gasteiger charge is -2.35. The average Bonchev–Trinajstić information content (AvgIpc) is 3.02. The fourth-order valence-electron chi connectivity index (χ4n) is 5.63. The first-order chi connectivity index (χ1) is 20.7. The van der Waals surface area contributed by atoms with E-state index in [0.29, 0.717) is 44.0 Å². The number of anilines is 1. The molecule has 2 amide bonds. The second-order valence-corrected chi connectivity index (χ2v) is 11.2. The molecule has 0 atom stereocenters. The Morgan fingerprint density at radius 1 is 0.756 bits per heavy atom. The molecule has 2 saturated heterocycles. The van der Waals surface area contributed by atoms with Crippen molar-refractivity contribution in [3.8, 4) is 5.75 Å². The maximum absolute atomic E-state index is 13.1. The fourth-order valence-corrected chi connectivity index (χ4v) is 5.63. The molecule has 2 aliphatic rings. The average molecular weight is 668 g/mol. The monoisotopic (exact) mass is 666 g/mol. The van der Waals surface area contributed by atoms with Gasteiger partial charge in [0.1, 0.15) is 5.75 Å². The Labute approximate surface area is 274 Å². The standard InChI is InChI=1S/C33H37F3N4O3.2ClH/c1-43-30-12-4-25(5-13-30)22-38-16-14-26(15-17-38)31(41)37-29-10-6-27(7-11-29)32(42)40-20-18-39(19-21-40)23-24-2-8-28(9-3-24)33(34,35)36;;/h2-13,26H,14-23H2,1H3,(H,37,41);2*1H. The number of nitrogens with one attached hydrogen (secondary N) is 1. The zero-order valence-electron chi connectivity index (χ0n) is 25.1. The quantitative estimate of drug-likeness (QED) is 0.303. The number of alkyl halides is 3. The molecule has 1 N–H and O–H groups in total.